The summed E-state index contributed by atoms with van der Waals surface area (Å²) >= 11 is 0. The fraction of sp³-hybridized carbons (Fsp3) is 0.625. The summed E-state index contributed by atoms with van der Waals surface area (Å²) in [5, 5.41) is 0. The minimum atomic E-state index is -0.0640. The molecule has 2 N–H and O–H groups in total. The molecular formula is C16H24N2O. The highest BCUT2D eigenvalue weighted by Crippen LogP contribution is 2.38. The SMILES string of the molecule is CC1C(N)CCN1Cc1cccc2c1OC(C)(C)C2. The lowest BCUT2D eigenvalue weighted by atomic mass is 10.0. The van der Waals surface area contributed by atoms with Crippen molar-refractivity contribution >= 4 is 0 Å². The molecule has 2 atom stereocenters. The molecule has 2 heterocycles. The number of rotatable bonds is 2. The zero-order chi connectivity index (χ0) is 13.6. The van der Waals surface area contributed by atoms with Crippen molar-refractivity contribution in [3.8, 4) is 5.75 Å². The summed E-state index contributed by atoms with van der Waals surface area (Å²) in [5.41, 5.74) is 8.70. The lowest BCUT2D eigenvalue weighted by molar-refractivity contribution is 0.135. The highest BCUT2D eigenvalue weighted by Gasteiger charge is 2.33. The highest BCUT2D eigenvalue weighted by atomic mass is 16.5. The van der Waals surface area contributed by atoms with Gasteiger partial charge in [-0.05, 0) is 32.8 Å². The van der Waals surface area contributed by atoms with Crippen molar-refractivity contribution in [2.75, 3.05) is 6.54 Å². The average molecular weight is 260 g/mol. The fourth-order valence-electron chi connectivity index (χ4n) is 3.28. The molecule has 1 saturated heterocycles. The maximum atomic E-state index is 6.14. The largest absolute Gasteiger partial charge is 0.487 e. The van der Waals surface area contributed by atoms with Gasteiger partial charge in [0.1, 0.15) is 11.4 Å². The standard InChI is InChI=1S/C16H24N2O/c1-11-14(17)7-8-18(11)10-13-6-4-5-12-9-16(2,3)19-15(12)13/h4-6,11,14H,7-10,17H2,1-3H3. The first-order valence-electron chi connectivity index (χ1n) is 7.26. The highest BCUT2D eigenvalue weighted by molar-refractivity contribution is 5.45. The number of likely N-dealkylation sites (tertiary alicyclic amines) is 1. The molecule has 2 unspecified atom stereocenters. The van der Waals surface area contributed by atoms with E-state index in [0.717, 1.165) is 31.7 Å². The van der Waals surface area contributed by atoms with Crippen molar-refractivity contribution in [3.63, 3.8) is 0 Å². The number of ether oxygens (including phenoxy) is 1. The molecule has 0 spiro atoms. The Bertz CT molecular complexity index is 484. The van der Waals surface area contributed by atoms with E-state index in [1.165, 1.54) is 11.1 Å². The molecule has 0 amide bonds. The summed E-state index contributed by atoms with van der Waals surface area (Å²) in [6.45, 7) is 8.59. The molecule has 0 aliphatic carbocycles. The molecule has 0 bridgehead atoms. The third kappa shape index (κ3) is 2.37. The second kappa shape index (κ2) is 4.50. The Labute approximate surface area is 115 Å². The number of hydrogen-bond donors (Lipinski definition) is 1. The zero-order valence-corrected chi connectivity index (χ0v) is 12.1. The average Bonchev–Trinajstić information content (AvgIpc) is 2.82. The van der Waals surface area contributed by atoms with Crippen LogP contribution in [0.4, 0.5) is 0 Å². The van der Waals surface area contributed by atoms with E-state index in [0.29, 0.717) is 12.1 Å². The number of nitrogens with zero attached hydrogens (tertiary/aromatic N) is 1. The van der Waals surface area contributed by atoms with Crippen molar-refractivity contribution in [2.24, 2.45) is 5.73 Å². The number of fused-ring (bicyclic) bond motifs is 1. The predicted octanol–water partition coefficient (Wildman–Crippen LogP) is 2.32. The summed E-state index contributed by atoms with van der Waals surface area (Å²) in [6, 6.07) is 7.31. The van der Waals surface area contributed by atoms with Gasteiger partial charge < -0.3 is 10.5 Å². The minimum absolute atomic E-state index is 0.0640. The molecule has 2 aliphatic heterocycles. The van der Waals surface area contributed by atoms with Crippen molar-refractivity contribution in [3.05, 3.63) is 29.3 Å². The molecule has 1 aromatic carbocycles. The first kappa shape index (κ1) is 12.9. The van der Waals surface area contributed by atoms with Crippen LogP contribution in [0.1, 0.15) is 38.3 Å². The van der Waals surface area contributed by atoms with Crippen LogP contribution in [0.5, 0.6) is 5.75 Å². The topological polar surface area (TPSA) is 38.5 Å². The number of nitrogens with two attached hydrogens (primary N) is 1. The van der Waals surface area contributed by atoms with Gasteiger partial charge in [0, 0.05) is 37.2 Å². The Kier molecular flexibility index (Phi) is 3.06. The van der Waals surface area contributed by atoms with Gasteiger partial charge in [-0.2, -0.15) is 0 Å². The Hall–Kier alpha value is -1.06. The van der Waals surface area contributed by atoms with Gasteiger partial charge in [0.15, 0.2) is 0 Å². The molecule has 3 heteroatoms. The third-order valence-electron chi connectivity index (χ3n) is 4.49. The van der Waals surface area contributed by atoms with E-state index in [2.05, 4.69) is 43.9 Å². The smallest absolute Gasteiger partial charge is 0.127 e. The lowest BCUT2D eigenvalue weighted by Crippen LogP contribution is -2.36. The van der Waals surface area contributed by atoms with Gasteiger partial charge in [-0.1, -0.05) is 18.2 Å². The van der Waals surface area contributed by atoms with Crippen LogP contribution in [0.25, 0.3) is 0 Å². The van der Waals surface area contributed by atoms with Crippen LogP contribution in [0, 0.1) is 0 Å². The van der Waals surface area contributed by atoms with Crippen molar-refractivity contribution in [1.82, 2.24) is 4.90 Å². The number of para-hydroxylation sites is 1. The van der Waals surface area contributed by atoms with Gasteiger partial charge in [-0.3, -0.25) is 4.90 Å². The van der Waals surface area contributed by atoms with Crippen LogP contribution in [0.3, 0.4) is 0 Å². The lowest BCUT2D eigenvalue weighted by Gasteiger charge is -2.24. The second-order valence-electron chi connectivity index (χ2n) is 6.61. The van der Waals surface area contributed by atoms with E-state index < -0.39 is 0 Å². The molecule has 19 heavy (non-hydrogen) atoms. The first-order chi connectivity index (χ1) is 8.96. The van der Waals surface area contributed by atoms with E-state index >= 15 is 0 Å². The van der Waals surface area contributed by atoms with Crippen LogP contribution in [0.15, 0.2) is 18.2 Å². The molecule has 0 saturated carbocycles. The van der Waals surface area contributed by atoms with E-state index in [1.54, 1.807) is 0 Å². The Morgan fingerprint density at radius 2 is 2.21 bits per heavy atom. The summed E-state index contributed by atoms with van der Waals surface area (Å²) in [7, 11) is 0. The Balaban J connectivity index is 1.82. The summed E-state index contributed by atoms with van der Waals surface area (Å²) < 4.78 is 6.14. The molecule has 3 nitrogen and oxygen atoms in total. The minimum Gasteiger partial charge on any atom is -0.487 e. The molecular weight excluding hydrogens is 236 g/mol. The Morgan fingerprint density at radius 3 is 2.89 bits per heavy atom. The van der Waals surface area contributed by atoms with Gasteiger partial charge in [-0.25, -0.2) is 0 Å². The molecule has 0 radical (unpaired) electrons. The van der Waals surface area contributed by atoms with Crippen molar-refractivity contribution in [1.29, 1.82) is 0 Å². The van der Waals surface area contributed by atoms with Gasteiger partial charge >= 0.3 is 0 Å². The van der Waals surface area contributed by atoms with E-state index in [-0.39, 0.29) is 5.60 Å². The summed E-state index contributed by atoms with van der Waals surface area (Å²) in [6.07, 6.45) is 2.10. The van der Waals surface area contributed by atoms with Crippen LogP contribution >= 0.6 is 0 Å². The monoisotopic (exact) mass is 260 g/mol. The van der Waals surface area contributed by atoms with E-state index in [1.807, 2.05) is 0 Å². The molecule has 2 aliphatic rings. The normalized spacial score (nSPS) is 29.3. The first-order valence-corrected chi connectivity index (χ1v) is 7.26. The quantitative estimate of drug-likeness (QED) is 0.887. The maximum Gasteiger partial charge on any atom is 0.127 e. The summed E-state index contributed by atoms with van der Waals surface area (Å²) in [4.78, 5) is 2.47. The van der Waals surface area contributed by atoms with Gasteiger partial charge in [0.25, 0.3) is 0 Å². The van der Waals surface area contributed by atoms with Crippen LogP contribution in [-0.4, -0.2) is 29.1 Å². The second-order valence-corrected chi connectivity index (χ2v) is 6.61. The van der Waals surface area contributed by atoms with Crippen molar-refractivity contribution < 1.29 is 4.74 Å². The molecule has 3 rings (SSSR count). The number of hydrogen-bond acceptors (Lipinski definition) is 3. The molecule has 1 aromatic rings. The van der Waals surface area contributed by atoms with Crippen LogP contribution in [0.2, 0.25) is 0 Å². The third-order valence-corrected chi connectivity index (χ3v) is 4.49. The van der Waals surface area contributed by atoms with Crippen molar-refractivity contribution in [2.45, 2.75) is 57.8 Å². The van der Waals surface area contributed by atoms with Crippen LogP contribution in [-0.2, 0) is 13.0 Å². The molecule has 1 fully saturated rings. The van der Waals surface area contributed by atoms with Gasteiger partial charge in [0.05, 0.1) is 0 Å². The fourth-order valence-corrected chi connectivity index (χ4v) is 3.28. The van der Waals surface area contributed by atoms with E-state index in [4.69, 9.17) is 10.5 Å². The van der Waals surface area contributed by atoms with Gasteiger partial charge in [0.2, 0.25) is 0 Å². The zero-order valence-electron chi connectivity index (χ0n) is 12.1. The Morgan fingerprint density at radius 1 is 1.42 bits per heavy atom. The van der Waals surface area contributed by atoms with E-state index in [9.17, 15) is 0 Å². The van der Waals surface area contributed by atoms with Gasteiger partial charge in [-0.15, -0.1) is 0 Å². The predicted molar refractivity (Wildman–Crippen MR) is 77.3 cm³/mol. The maximum absolute atomic E-state index is 6.14. The van der Waals surface area contributed by atoms with Crippen LogP contribution < -0.4 is 10.5 Å². The molecule has 0 aromatic heterocycles. The molecule has 104 valence electrons. The summed E-state index contributed by atoms with van der Waals surface area (Å²) in [5.74, 6) is 1.11. The number of benzene rings is 1.